The maximum absolute atomic E-state index is 13.6. The Morgan fingerprint density at radius 3 is 2.51 bits per heavy atom. The van der Waals surface area contributed by atoms with Crippen LogP contribution in [0.5, 0.6) is 0 Å². The summed E-state index contributed by atoms with van der Waals surface area (Å²) in [4.78, 5) is 35.8. The smallest absolute Gasteiger partial charge is 0.245 e. The third kappa shape index (κ3) is 6.05. The van der Waals surface area contributed by atoms with Gasteiger partial charge in [0, 0.05) is 77.4 Å². The van der Waals surface area contributed by atoms with E-state index in [4.69, 9.17) is 4.74 Å². The van der Waals surface area contributed by atoms with Crippen LogP contribution in [-0.2, 0) is 20.9 Å². The van der Waals surface area contributed by atoms with Gasteiger partial charge in [-0.3, -0.25) is 19.4 Å². The third-order valence-electron chi connectivity index (χ3n) is 8.16. The fourth-order valence-corrected chi connectivity index (χ4v) is 5.71. The number of piperazine rings is 1. The highest BCUT2D eigenvalue weighted by molar-refractivity contribution is 5.90. The Bertz CT molecular complexity index is 879. The summed E-state index contributed by atoms with van der Waals surface area (Å²) in [5.41, 5.74) is 2.62. The molecule has 0 radical (unpaired) electrons. The molecule has 0 bridgehead atoms. The van der Waals surface area contributed by atoms with E-state index in [-0.39, 0.29) is 29.8 Å². The standard InChI is InChI=1S/C27H41N5O3/c1-21-4-2-3-5-23(21)19-31(13-12-29-14-16-35-17-15-29)24-18-25(27(34)30-10-8-28-9-11-30)32(20-24)26(33)22-6-7-22/h2-5,22,24-25,28H,6-20H2,1H3. The quantitative estimate of drug-likeness (QED) is 0.594. The zero-order valence-electron chi connectivity index (χ0n) is 21.2. The largest absolute Gasteiger partial charge is 0.379 e. The lowest BCUT2D eigenvalue weighted by atomic mass is 10.1. The Morgan fingerprint density at radius 1 is 1.06 bits per heavy atom. The van der Waals surface area contributed by atoms with Crippen molar-refractivity contribution in [2.24, 2.45) is 5.92 Å². The number of hydrogen-bond acceptors (Lipinski definition) is 6. The van der Waals surface area contributed by atoms with Gasteiger partial charge >= 0.3 is 0 Å². The van der Waals surface area contributed by atoms with Crippen LogP contribution >= 0.6 is 0 Å². The molecule has 2 amide bonds. The van der Waals surface area contributed by atoms with E-state index in [2.05, 4.69) is 46.3 Å². The summed E-state index contributed by atoms with van der Waals surface area (Å²) in [5.74, 6) is 0.474. The molecule has 192 valence electrons. The second-order valence-corrected chi connectivity index (χ2v) is 10.6. The molecule has 5 rings (SSSR count). The van der Waals surface area contributed by atoms with Gasteiger partial charge in [-0.15, -0.1) is 0 Å². The number of rotatable bonds is 8. The predicted molar refractivity (Wildman–Crippen MR) is 135 cm³/mol. The first kappa shape index (κ1) is 24.7. The molecule has 3 heterocycles. The summed E-state index contributed by atoms with van der Waals surface area (Å²) in [6.45, 7) is 12.3. The van der Waals surface area contributed by atoms with Crippen LogP contribution in [0.2, 0.25) is 0 Å². The van der Waals surface area contributed by atoms with Crippen molar-refractivity contribution >= 4 is 11.8 Å². The summed E-state index contributed by atoms with van der Waals surface area (Å²) in [5, 5.41) is 3.33. The summed E-state index contributed by atoms with van der Waals surface area (Å²) >= 11 is 0. The molecule has 1 saturated carbocycles. The molecule has 4 fully saturated rings. The van der Waals surface area contributed by atoms with Gasteiger partial charge in [0.15, 0.2) is 0 Å². The first-order valence-corrected chi connectivity index (χ1v) is 13.5. The molecule has 8 heteroatoms. The second-order valence-electron chi connectivity index (χ2n) is 10.6. The number of hydrogen-bond donors (Lipinski definition) is 1. The highest BCUT2D eigenvalue weighted by Gasteiger charge is 2.46. The van der Waals surface area contributed by atoms with Crippen molar-refractivity contribution in [2.75, 3.05) is 72.1 Å². The molecule has 1 aromatic rings. The molecule has 1 aromatic carbocycles. The lowest BCUT2D eigenvalue weighted by molar-refractivity contribution is -0.144. The monoisotopic (exact) mass is 483 g/mol. The number of benzene rings is 1. The van der Waals surface area contributed by atoms with E-state index in [9.17, 15) is 9.59 Å². The first-order chi connectivity index (χ1) is 17.1. The van der Waals surface area contributed by atoms with E-state index >= 15 is 0 Å². The molecule has 2 atom stereocenters. The van der Waals surface area contributed by atoms with Crippen molar-refractivity contribution < 1.29 is 14.3 Å². The Hall–Kier alpha value is -2.00. The van der Waals surface area contributed by atoms with E-state index < -0.39 is 0 Å². The normalized spacial score (nSPS) is 25.9. The van der Waals surface area contributed by atoms with Crippen LogP contribution in [0.1, 0.15) is 30.4 Å². The van der Waals surface area contributed by atoms with Gasteiger partial charge in [0.05, 0.1) is 13.2 Å². The molecular formula is C27H41N5O3. The SMILES string of the molecule is Cc1ccccc1CN(CCN1CCOCC1)C1CC(C(=O)N2CCNCC2)N(C(=O)C2CC2)C1. The number of ether oxygens (including phenoxy) is 1. The number of likely N-dealkylation sites (tertiary alicyclic amines) is 1. The fraction of sp³-hybridized carbons (Fsp3) is 0.704. The van der Waals surface area contributed by atoms with Crippen molar-refractivity contribution in [1.82, 2.24) is 24.9 Å². The summed E-state index contributed by atoms with van der Waals surface area (Å²) < 4.78 is 5.54. The minimum Gasteiger partial charge on any atom is -0.379 e. The molecule has 3 aliphatic heterocycles. The lowest BCUT2D eigenvalue weighted by Crippen LogP contribution is -2.53. The Balaban J connectivity index is 1.34. The zero-order chi connectivity index (χ0) is 24.2. The molecule has 3 saturated heterocycles. The highest BCUT2D eigenvalue weighted by atomic mass is 16.5. The summed E-state index contributed by atoms with van der Waals surface area (Å²) in [6, 6.07) is 8.44. The number of morpholine rings is 1. The maximum atomic E-state index is 13.6. The van der Waals surface area contributed by atoms with E-state index in [0.717, 1.165) is 91.4 Å². The van der Waals surface area contributed by atoms with E-state index in [1.54, 1.807) is 0 Å². The molecule has 8 nitrogen and oxygen atoms in total. The van der Waals surface area contributed by atoms with E-state index in [1.165, 1.54) is 11.1 Å². The van der Waals surface area contributed by atoms with Crippen molar-refractivity contribution in [3.8, 4) is 0 Å². The van der Waals surface area contributed by atoms with Crippen molar-refractivity contribution in [2.45, 2.75) is 44.8 Å². The van der Waals surface area contributed by atoms with E-state index in [0.29, 0.717) is 6.54 Å². The Kier molecular flexibility index (Phi) is 8.02. The third-order valence-corrected chi connectivity index (χ3v) is 8.16. The van der Waals surface area contributed by atoms with Gasteiger partial charge in [-0.1, -0.05) is 24.3 Å². The average Bonchev–Trinajstić information content (AvgIpc) is 3.66. The minimum atomic E-state index is -0.325. The number of carbonyl (C=O) groups is 2. The van der Waals surface area contributed by atoms with Crippen LogP contribution in [-0.4, -0.2) is 116 Å². The van der Waals surface area contributed by atoms with Gasteiger partial charge in [0.2, 0.25) is 11.8 Å². The molecule has 35 heavy (non-hydrogen) atoms. The molecular weight excluding hydrogens is 442 g/mol. The first-order valence-electron chi connectivity index (χ1n) is 13.5. The molecule has 2 unspecified atom stereocenters. The van der Waals surface area contributed by atoms with Gasteiger partial charge < -0.3 is 19.9 Å². The van der Waals surface area contributed by atoms with Crippen LogP contribution in [0.4, 0.5) is 0 Å². The average molecular weight is 484 g/mol. The van der Waals surface area contributed by atoms with Crippen LogP contribution in [0.3, 0.4) is 0 Å². The second kappa shape index (κ2) is 11.4. The number of carbonyl (C=O) groups excluding carboxylic acids is 2. The van der Waals surface area contributed by atoms with Crippen LogP contribution in [0, 0.1) is 12.8 Å². The van der Waals surface area contributed by atoms with Crippen LogP contribution in [0.25, 0.3) is 0 Å². The van der Waals surface area contributed by atoms with Crippen molar-refractivity contribution in [1.29, 1.82) is 0 Å². The van der Waals surface area contributed by atoms with Crippen LogP contribution in [0.15, 0.2) is 24.3 Å². The van der Waals surface area contributed by atoms with Gasteiger partial charge in [0.25, 0.3) is 0 Å². The summed E-state index contributed by atoms with van der Waals surface area (Å²) in [7, 11) is 0. The minimum absolute atomic E-state index is 0.130. The van der Waals surface area contributed by atoms with Crippen LogP contribution < -0.4 is 5.32 Å². The topological polar surface area (TPSA) is 68.4 Å². The van der Waals surface area contributed by atoms with Gasteiger partial charge in [0.1, 0.15) is 6.04 Å². The molecule has 0 spiro atoms. The van der Waals surface area contributed by atoms with E-state index in [1.807, 2.05) is 9.80 Å². The van der Waals surface area contributed by atoms with Crippen molar-refractivity contribution in [3.05, 3.63) is 35.4 Å². The highest BCUT2D eigenvalue weighted by Crippen LogP contribution is 2.35. The van der Waals surface area contributed by atoms with Crippen molar-refractivity contribution in [3.63, 3.8) is 0 Å². The maximum Gasteiger partial charge on any atom is 0.245 e. The van der Waals surface area contributed by atoms with Gasteiger partial charge in [-0.25, -0.2) is 0 Å². The fourth-order valence-electron chi connectivity index (χ4n) is 5.71. The molecule has 1 N–H and O–H groups in total. The summed E-state index contributed by atoms with van der Waals surface area (Å²) in [6.07, 6.45) is 2.67. The number of nitrogens with zero attached hydrogens (tertiary/aromatic N) is 4. The predicted octanol–water partition coefficient (Wildman–Crippen LogP) is 0.941. The number of nitrogens with one attached hydrogen (secondary N) is 1. The lowest BCUT2D eigenvalue weighted by Gasteiger charge is -2.33. The van der Waals surface area contributed by atoms with Gasteiger partial charge in [-0.05, 0) is 37.3 Å². The molecule has 1 aliphatic carbocycles. The number of amides is 2. The molecule has 4 aliphatic rings. The number of aryl methyl sites for hydroxylation is 1. The Labute approximate surface area is 209 Å². The zero-order valence-corrected chi connectivity index (χ0v) is 21.2. The molecule has 0 aromatic heterocycles. The Morgan fingerprint density at radius 2 is 1.80 bits per heavy atom. The van der Waals surface area contributed by atoms with Gasteiger partial charge in [-0.2, -0.15) is 0 Å².